The number of carbonyl (C=O) groups excluding carboxylic acids is 1. The van der Waals surface area contributed by atoms with Gasteiger partial charge in [-0.2, -0.15) is 0 Å². The van der Waals surface area contributed by atoms with E-state index in [0.717, 1.165) is 16.7 Å². The maximum atomic E-state index is 13.3. The number of benzene rings is 2. The summed E-state index contributed by atoms with van der Waals surface area (Å²) < 4.78 is 33.3. The van der Waals surface area contributed by atoms with Crippen molar-refractivity contribution in [3.05, 3.63) is 58.1 Å². The molecule has 2 atom stereocenters. The van der Waals surface area contributed by atoms with Gasteiger partial charge in [-0.1, -0.05) is 0 Å². The van der Waals surface area contributed by atoms with Crippen LogP contribution in [0.1, 0.15) is 22.6 Å². The van der Waals surface area contributed by atoms with Gasteiger partial charge in [0.15, 0.2) is 23.0 Å². The molecule has 2 aromatic carbocycles. The first-order valence-corrected chi connectivity index (χ1v) is 11.9. The van der Waals surface area contributed by atoms with Crippen molar-refractivity contribution in [1.82, 2.24) is 4.98 Å². The second-order valence-electron chi connectivity index (χ2n) is 7.99. The Morgan fingerprint density at radius 2 is 1.78 bits per heavy atom. The van der Waals surface area contributed by atoms with Crippen molar-refractivity contribution in [2.75, 3.05) is 35.2 Å². The highest BCUT2D eigenvalue weighted by atomic mass is 32.1. The molecule has 0 amide bonds. The second-order valence-corrected chi connectivity index (χ2v) is 8.86. The van der Waals surface area contributed by atoms with Gasteiger partial charge in [-0.25, -0.2) is 9.98 Å². The number of hydrogen-bond donors (Lipinski definition) is 0. The van der Waals surface area contributed by atoms with Crippen LogP contribution in [0.4, 0.5) is 5.13 Å². The first-order valence-electron chi connectivity index (χ1n) is 11.0. The molecule has 36 heavy (non-hydrogen) atoms. The summed E-state index contributed by atoms with van der Waals surface area (Å²) in [5, 5.41) is 2.43. The van der Waals surface area contributed by atoms with Gasteiger partial charge in [0.05, 0.1) is 34.4 Å². The molecule has 0 N–H and O–H groups in total. The number of thiazole rings is 1. The van der Waals surface area contributed by atoms with E-state index >= 15 is 0 Å². The fourth-order valence-electron chi connectivity index (χ4n) is 4.59. The number of nitrogens with zero attached hydrogens (tertiary/aromatic N) is 2. The smallest absolute Gasteiger partial charge is 0.314 e. The Morgan fingerprint density at radius 1 is 1.06 bits per heavy atom. The zero-order valence-electron chi connectivity index (χ0n) is 20.1. The van der Waals surface area contributed by atoms with E-state index in [1.54, 1.807) is 33.7 Å². The predicted octanol–water partition coefficient (Wildman–Crippen LogP) is 4.62. The Bertz CT molecular complexity index is 1330. The van der Waals surface area contributed by atoms with Gasteiger partial charge in [0.2, 0.25) is 17.7 Å². The third kappa shape index (κ3) is 4.13. The number of methoxy groups -OCH3 is 4. The van der Waals surface area contributed by atoms with Gasteiger partial charge in [-0.05, 0) is 52.6 Å². The van der Waals surface area contributed by atoms with Gasteiger partial charge < -0.3 is 28.4 Å². The van der Waals surface area contributed by atoms with Crippen molar-refractivity contribution in [1.29, 1.82) is 0 Å². The number of ether oxygens (including phenoxy) is 6. The number of esters is 1. The van der Waals surface area contributed by atoms with E-state index in [9.17, 15) is 4.79 Å². The lowest BCUT2D eigenvalue weighted by Gasteiger charge is -2.32. The Morgan fingerprint density at radius 3 is 2.39 bits per heavy atom. The molecule has 2 heterocycles. The molecule has 9 nitrogen and oxygen atoms in total. The quantitative estimate of drug-likeness (QED) is 0.337. The fraction of sp³-hybridized carbons (Fsp3) is 0.269. The molecule has 1 aromatic heterocycles. The third-order valence-corrected chi connectivity index (χ3v) is 6.85. The van der Waals surface area contributed by atoms with Crippen LogP contribution in [-0.2, 0) is 9.53 Å². The molecule has 5 rings (SSSR count). The summed E-state index contributed by atoms with van der Waals surface area (Å²) in [6.45, 7) is 0.135. The van der Waals surface area contributed by atoms with E-state index in [0.29, 0.717) is 39.5 Å². The highest BCUT2D eigenvalue weighted by Crippen LogP contribution is 2.50. The summed E-state index contributed by atoms with van der Waals surface area (Å²) in [6.07, 6.45) is 5.27. The van der Waals surface area contributed by atoms with E-state index in [-0.39, 0.29) is 6.79 Å². The number of fused-ring (bicyclic) bond motifs is 2. The van der Waals surface area contributed by atoms with Crippen LogP contribution in [0.3, 0.4) is 0 Å². The van der Waals surface area contributed by atoms with Crippen LogP contribution < -0.4 is 23.7 Å². The molecule has 186 valence electrons. The standard InChI is InChI=1S/C26H24N2O7S/c1-30-20-9-15(10-21(31-2)24(20)32-3)22-17-11-19-18(34-13-35-19)8-14(17)7-16(23(22)25(29)33-4)12-28-26-27-5-6-36-26/h5-12,22-23H,13H2,1-4H3/t22?,23-/m1/s1. The number of aromatic nitrogens is 1. The summed E-state index contributed by atoms with van der Waals surface area (Å²) in [7, 11) is 6.03. The number of carbonyl (C=O) groups is 1. The summed E-state index contributed by atoms with van der Waals surface area (Å²) in [4.78, 5) is 22.0. The number of aliphatic imine (C=N–C) groups is 1. The van der Waals surface area contributed by atoms with Crippen LogP contribution in [0.15, 0.2) is 46.4 Å². The van der Waals surface area contributed by atoms with Crippen molar-refractivity contribution in [3.8, 4) is 28.7 Å². The lowest BCUT2D eigenvalue weighted by atomic mass is 9.71. The molecule has 0 saturated heterocycles. The average Bonchev–Trinajstić information content (AvgIpc) is 3.60. The molecule has 10 heteroatoms. The zero-order chi connectivity index (χ0) is 25.2. The number of hydrogen-bond acceptors (Lipinski definition) is 10. The van der Waals surface area contributed by atoms with Crippen molar-refractivity contribution in [3.63, 3.8) is 0 Å². The maximum absolute atomic E-state index is 13.3. The minimum Gasteiger partial charge on any atom is -0.493 e. The van der Waals surface area contributed by atoms with Crippen LogP contribution in [0.2, 0.25) is 0 Å². The first-order chi connectivity index (χ1) is 17.6. The summed E-state index contributed by atoms with van der Waals surface area (Å²) in [5.41, 5.74) is 3.18. The summed E-state index contributed by atoms with van der Waals surface area (Å²) in [6, 6.07) is 7.51. The lowest BCUT2D eigenvalue weighted by molar-refractivity contribution is -0.144. The van der Waals surface area contributed by atoms with Gasteiger partial charge >= 0.3 is 5.97 Å². The molecule has 1 aliphatic heterocycles. The molecule has 0 saturated carbocycles. The Balaban J connectivity index is 1.74. The maximum Gasteiger partial charge on any atom is 0.314 e. The summed E-state index contributed by atoms with van der Waals surface area (Å²) in [5.74, 6) is 1.07. The van der Waals surface area contributed by atoms with Gasteiger partial charge in [-0.15, -0.1) is 11.3 Å². The summed E-state index contributed by atoms with van der Waals surface area (Å²) >= 11 is 1.40. The van der Waals surface area contributed by atoms with Crippen molar-refractivity contribution in [2.45, 2.75) is 5.92 Å². The van der Waals surface area contributed by atoms with Gasteiger partial charge in [0, 0.05) is 23.7 Å². The van der Waals surface area contributed by atoms with Crippen molar-refractivity contribution in [2.24, 2.45) is 10.9 Å². The van der Waals surface area contributed by atoms with Gasteiger partial charge in [0.1, 0.15) is 0 Å². The number of rotatable bonds is 7. The van der Waals surface area contributed by atoms with Crippen LogP contribution in [-0.4, -0.2) is 52.4 Å². The molecular weight excluding hydrogens is 484 g/mol. The Hall–Kier alpha value is -4.05. The van der Waals surface area contributed by atoms with E-state index < -0.39 is 17.8 Å². The molecule has 2 aliphatic rings. The highest BCUT2D eigenvalue weighted by molar-refractivity contribution is 7.13. The molecule has 0 fully saturated rings. The van der Waals surface area contributed by atoms with Gasteiger partial charge in [0.25, 0.3) is 0 Å². The molecule has 1 unspecified atom stereocenters. The monoisotopic (exact) mass is 508 g/mol. The molecular formula is C26H24N2O7S. The minimum absolute atomic E-state index is 0.135. The molecule has 0 bridgehead atoms. The molecule has 3 aromatic rings. The first kappa shape index (κ1) is 23.7. The third-order valence-electron chi connectivity index (χ3n) is 6.17. The SMILES string of the molecule is COC(=O)[C@@H]1C(C=Nc2nccs2)=Cc2cc3c(cc2C1c1cc(OC)c(OC)c(OC)c1)OCO3. The Kier molecular flexibility index (Phi) is 6.51. The molecule has 1 aliphatic carbocycles. The highest BCUT2D eigenvalue weighted by Gasteiger charge is 2.40. The fourth-order valence-corrected chi connectivity index (χ4v) is 5.07. The van der Waals surface area contributed by atoms with Gasteiger partial charge in [-0.3, -0.25) is 4.79 Å². The van der Waals surface area contributed by atoms with Crippen molar-refractivity contribution >= 4 is 34.7 Å². The molecule has 0 spiro atoms. The van der Waals surface area contributed by atoms with Crippen LogP contribution in [0, 0.1) is 5.92 Å². The minimum atomic E-state index is -0.714. The Labute approximate surface area is 211 Å². The second kappa shape index (κ2) is 9.90. The van der Waals surface area contributed by atoms with E-state index in [4.69, 9.17) is 28.4 Å². The van der Waals surface area contributed by atoms with Crippen LogP contribution >= 0.6 is 11.3 Å². The van der Waals surface area contributed by atoms with Crippen molar-refractivity contribution < 1.29 is 33.2 Å². The van der Waals surface area contributed by atoms with E-state index in [1.807, 2.05) is 35.7 Å². The zero-order valence-corrected chi connectivity index (χ0v) is 21.0. The topological polar surface area (TPSA) is 97.7 Å². The van der Waals surface area contributed by atoms with E-state index in [1.165, 1.54) is 18.4 Å². The predicted molar refractivity (Wildman–Crippen MR) is 134 cm³/mol. The van der Waals surface area contributed by atoms with Crippen LogP contribution in [0.25, 0.3) is 6.08 Å². The normalized spacial score (nSPS) is 17.9. The largest absolute Gasteiger partial charge is 0.493 e. The molecule has 0 radical (unpaired) electrons. The van der Waals surface area contributed by atoms with Crippen LogP contribution in [0.5, 0.6) is 28.7 Å². The van der Waals surface area contributed by atoms with E-state index in [2.05, 4.69) is 9.98 Å². The average molecular weight is 509 g/mol. The lowest BCUT2D eigenvalue weighted by Crippen LogP contribution is -2.30.